The molecular weight excluding hydrogens is 293 g/mol. The van der Waals surface area contributed by atoms with E-state index in [1.165, 1.54) is 0 Å². The molecule has 1 fully saturated rings. The molecule has 0 atom stereocenters. The average molecular weight is 314 g/mol. The van der Waals surface area contributed by atoms with Crippen molar-refractivity contribution in [1.29, 1.82) is 0 Å². The van der Waals surface area contributed by atoms with Crippen LogP contribution in [0.15, 0.2) is 24.3 Å². The van der Waals surface area contributed by atoms with Gasteiger partial charge in [0.25, 0.3) is 0 Å². The minimum absolute atomic E-state index is 0.115. The largest absolute Gasteiger partial charge is 0.416 e. The van der Waals surface area contributed by atoms with Crippen LogP contribution in [-0.2, 0) is 17.4 Å². The van der Waals surface area contributed by atoms with Gasteiger partial charge in [0, 0.05) is 33.1 Å². The van der Waals surface area contributed by atoms with Gasteiger partial charge < -0.3 is 4.90 Å². The summed E-state index contributed by atoms with van der Waals surface area (Å²) in [7, 11) is 0. The zero-order valence-electron chi connectivity index (χ0n) is 12.7. The summed E-state index contributed by atoms with van der Waals surface area (Å²) in [4.78, 5) is 15.4. The number of hydrogen-bond acceptors (Lipinski definition) is 2. The van der Waals surface area contributed by atoms with E-state index in [1.54, 1.807) is 19.1 Å². The number of alkyl halides is 3. The average Bonchev–Trinajstić information content (AvgIpc) is 2.47. The van der Waals surface area contributed by atoms with E-state index in [2.05, 4.69) is 4.90 Å². The topological polar surface area (TPSA) is 23.6 Å². The zero-order chi connectivity index (χ0) is 16.2. The summed E-state index contributed by atoms with van der Waals surface area (Å²) in [6.07, 6.45) is -2.59. The fourth-order valence-corrected chi connectivity index (χ4v) is 2.65. The lowest BCUT2D eigenvalue weighted by Gasteiger charge is -2.34. The molecule has 122 valence electrons. The van der Waals surface area contributed by atoms with Gasteiger partial charge in [-0.3, -0.25) is 9.69 Å². The molecule has 0 N–H and O–H groups in total. The number of hydrogen-bond donors (Lipinski definition) is 0. The third-order valence-electron chi connectivity index (χ3n) is 4.04. The molecule has 0 bridgehead atoms. The lowest BCUT2D eigenvalue weighted by molar-refractivity contribution is -0.137. The van der Waals surface area contributed by atoms with Gasteiger partial charge in [-0.15, -0.1) is 0 Å². The molecule has 22 heavy (non-hydrogen) atoms. The van der Waals surface area contributed by atoms with Crippen LogP contribution >= 0.6 is 0 Å². The molecular formula is C16H21F3N2O. The second-order valence-electron chi connectivity index (χ2n) is 5.65. The number of piperazine rings is 1. The Morgan fingerprint density at radius 3 is 2.18 bits per heavy atom. The highest BCUT2D eigenvalue weighted by Gasteiger charge is 2.29. The number of rotatable bonds is 4. The van der Waals surface area contributed by atoms with E-state index in [0.717, 1.165) is 63.3 Å². The highest BCUT2D eigenvalue weighted by molar-refractivity contribution is 5.73. The number of carbonyl (C=O) groups excluding carboxylic acids is 1. The second kappa shape index (κ2) is 7.13. The van der Waals surface area contributed by atoms with Crippen molar-refractivity contribution in [3.63, 3.8) is 0 Å². The molecule has 6 heteroatoms. The minimum atomic E-state index is -4.27. The molecule has 1 aliphatic rings. The van der Waals surface area contributed by atoms with Crippen LogP contribution in [-0.4, -0.2) is 48.4 Å². The maximum atomic E-state index is 12.5. The summed E-state index contributed by atoms with van der Waals surface area (Å²) in [5.74, 6) is 0.115. The van der Waals surface area contributed by atoms with Crippen LogP contribution in [0, 0.1) is 0 Å². The Morgan fingerprint density at radius 2 is 1.68 bits per heavy atom. The van der Waals surface area contributed by atoms with E-state index in [9.17, 15) is 18.0 Å². The SMILES string of the molecule is CC(=O)N1CCN(CCCc2ccc(C(F)(F)F)cc2)CC1. The molecule has 1 heterocycles. The van der Waals surface area contributed by atoms with Crippen molar-refractivity contribution in [2.24, 2.45) is 0 Å². The number of benzene rings is 1. The van der Waals surface area contributed by atoms with Crippen molar-refractivity contribution in [1.82, 2.24) is 9.80 Å². The van der Waals surface area contributed by atoms with Crippen molar-refractivity contribution in [3.05, 3.63) is 35.4 Å². The fraction of sp³-hybridized carbons (Fsp3) is 0.562. The van der Waals surface area contributed by atoms with Crippen molar-refractivity contribution in [2.75, 3.05) is 32.7 Å². The van der Waals surface area contributed by atoms with Gasteiger partial charge >= 0.3 is 6.18 Å². The van der Waals surface area contributed by atoms with Crippen LogP contribution in [0.1, 0.15) is 24.5 Å². The Hall–Kier alpha value is -1.56. The van der Waals surface area contributed by atoms with Crippen LogP contribution in [0.5, 0.6) is 0 Å². The molecule has 1 aliphatic heterocycles. The van der Waals surface area contributed by atoms with E-state index in [1.807, 2.05) is 4.90 Å². The van der Waals surface area contributed by atoms with Crippen molar-refractivity contribution in [3.8, 4) is 0 Å². The molecule has 0 unspecified atom stereocenters. The van der Waals surface area contributed by atoms with Gasteiger partial charge in [-0.2, -0.15) is 13.2 Å². The number of carbonyl (C=O) groups is 1. The monoisotopic (exact) mass is 314 g/mol. The van der Waals surface area contributed by atoms with Gasteiger partial charge in [0.2, 0.25) is 5.91 Å². The van der Waals surface area contributed by atoms with Gasteiger partial charge in [-0.05, 0) is 37.1 Å². The molecule has 0 saturated carbocycles. The van der Waals surface area contributed by atoms with E-state index in [4.69, 9.17) is 0 Å². The van der Waals surface area contributed by atoms with Crippen LogP contribution in [0.4, 0.5) is 13.2 Å². The predicted molar refractivity (Wildman–Crippen MR) is 78.5 cm³/mol. The third-order valence-corrected chi connectivity index (χ3v) is 4.04. The van der Waals surface area contributed by atoms with E-state index in [0.29, 0.717) is 0 Å². The maximum Gasteiger partial charge on any atom is 0.416 e. The van der Waals surface area contributed by atoms with E-state index < -0.39 is 11.7 Å². The maximum absolute atomic E-state index is 12.5. The number of amides is 1. The first kappa shape index (κ1) is 16.8. The number of nitrogens with zero attached hydrogens (tertiary/aromatic N) is 2. The van der Waals surface area contributed by atoms with E-state index >= 15 is 0 Å². The molecule has 0 radical (unpaired) electrons. The lowest BCUT2D eigenvalue weighted by Crippen LogP contribution is -2.48. The van der Waals surface area contributed by atoms with E-state index in [-0.39, 0.29) is 5.91 Å². The fourth-order valence-electron chi connectivity index (χ4n) is 2.65. The van der Waals surface area contributed by atoms with Crippen LogP contribution in [0.2, 0.25) is 0 Å². The second-order valence-corrected chi connectivity index (χ2v) is 5.65. The van der Waals surface area contributed by atoms with Crippen molar-refractivity contribution >= 4 is 5.91 Å². The Morgan fingerprint density at radius 1 is 1.09 bits per heavy atom. The molecule has 1 saturated heterocycles. The first-order valence-corrected chi connectivity index (χ1v) is 7.50. The molecule has 0 aliphatic carbocycles. The molecule has 1 aromatic carbocycles. The molecule has 0 aromatic heterocycles. The zero-order valence-corrected chi connectivity index (χ0v) is 12.7. The molecule has 1 amide bonds. The molecule has 1 aromatic rings. The van der Waals surface area contributed by atoms with Gasteiger partial charge in [0.05, 0.1) is 5.56 Å². The Balaban J connectivity index is 1.72. The summed E-state index contributed by atoms with van der Waals surface area (Å²) < 4.78 is 37.4. The first-order chi connectivity index (χ1) is 10.4. The Bertz CT molecular complexity index is 491. The smallest absolute Gasteiger partial charge is 0.340 e. The summed E-state index contributed by atoms with van der Waals surface area (Å²) >= 11 is 0. The standard InChI is InChI=1S/C16H21F3N2O/c1-13(22)21-11-9-20(10-12-21)8-2-3-14-4-6-15(7-5-14)16(17,18)19/h4-7H,2-3,8-12H2,1H3. The van der Waals surface area contributed by atoms with Crippen LogP contribution in [0.25, 0.3) is 0 Å². The number of halogens is 3. The van der Waals surface area contributed by atoms with Gasteiger partial charge in [-0.25, -0.2) is 0 Å². The van der Waals surface area contributed by atoms with Crippen LogP contribution < -0.4 is 0 Å². The summed E-state index contributed by atoms with van der Waals surface area (Å²) in [5.41, 5.74) is 0.326. The molecule has 0 spiro atoms. The summed E-state index contributed by atoms with van der Waals surface area (Å²) in [6, 6.07) is 5.38. The van der Waals surface area contributed by atoms with Gasteiger partial charge in [-0.1, -0.05) is 12.1 Å². The molecule has 2 rings (SSSR count). The van der Waals surface area contributed by atoms with Crippen molar-refractivity contribution in [2.45, 2.75) is 25.9 Å². The predicted octanol–water partition coefficient (Wildman–Crippen LogP) is 2.80. The minimum Gasteiger partial charge on any atom is -0.340 e. The number of aryl methyl sites for hydroxylation is 1. The van der Waals surface area contributed by atoms with Crippen molar-refractivity contribution < 1.29 is 18.0 Å². The Labute approximate surface area is 128 Å². The highest BCUT2D eigenvalue weighted by atomic mass is 19.4. The molecule has 3 nitrogen and oxygen atoms in total. The quantitative estimate of drug-likeness (QED) is 0.853. The first-order valence-electron chi connectivity index (χ1n) is 7.50. The Kier molecular flexibility index (Phi) is 5.45. The lowest BCUT2D eigenvalue weighted by atomic mass is 10.1. The normalized spacial score (nSPS) is 16.8. The summed E-state index contributed by atoms with van der Waals surface area (Å²) in [6.45, 7) is 5.75. The highest BCUT2D eigenvalue weighted by Crippen LogP contribution is 2.29. The van der Waals surface area contributed by atoms with Crippen LogP contribution in [0.3, 0.4) is 0 Å². The van der Waals surface area contributed by atoms with Gasteiger partial charge in [0.15, 0.2) is 0 Å². The third kappa shape index (κ3) is 4.73. The summed E-state index contributed by atoms with van der Waals surface area (Å²) in [5, 5.41) is 0. The van der Waals surface area contributed by atoms with Gasteiger partial charge in [0.1, 0.15) is 0 Å².